The first-order valence-electron chi connectivity index (χ1n) is 7.72. The summed E-state index contributed by atoms with van der Waals surface area (Å²) in [4.78, 5) is 27.9. The van der Waals surface area contributed by atoms with E-state index in [1.807, 2.05) is 6.92 Å². The van der Waals surface area contributed by atoms with E-state index in [-0.39, 0.29) is 30.3 Å². The van der Waals surface area contributed by atoms with E-state index in [1.54, 1.807) is 9.80 Å². The van der Waals surface area contributed by atoms with Crippen molar-refractivity contribution in [2.24, 2.45) is 5.41 Å². The number of hydrogen-bond acceptors (Lipinski definition) is 2. The summed E-state index contributed by atoms with van der Waals surface area (Å²) in [5.41, 5.74) is 0.182. The molecule has 1 saturated carbocycles. The fraction of sp³-hybridized carbons (Fsp3) is 0.867. The molecule has 2 rings (SSSR count). The van der Waals surface area contributed by atoms with Crippen LogP contribution in [0.25, 0.3) is 0 Å². The van der Waals surface area contributed by atoms with Gasteiger partial charge in [-0.1, -0.05) is 42.1 Å². The Morgan fingerprint density at radius 3 is 2.25 bits per heavy atom. The largest absolute Gasteiger partial charge is 0.332 e. The molecule has 20 heavy (non-hydrogen) atoms. The van der Waals surface area contributed by atoms with Crippen molar-refractivity contribution in [3.8, 4) is 0 Å². The van der Waals surface area contributed by atoms with Crippen LogP contribution in [0.3, 0.4) is 0 Å². The number of alkyl halides is 1. The topological polar surface area (TPSA) is 40.6 Å². The molecular formula is C15H25BrN2O2. The third kappa shape index (κ3) is 3.54. The lowest BCUT2D eigenvalue weighted by Crippen LogP contribution is -2.56. The molecule has 4 nitrogen and oxygen atoms in total. The molecule has 0 atom stereocenters. The summed E-state index contributed by atoms with van der Waals surface area (Å²) < 4.78 is 0. The van der Waals surface area contributed by atoms with Crippen LogP contribution in [0.4, 0.5) is 0 Å². The van der Waals surface area contributed by atoms with Crippen LogP contribution in [-0.2, 0) is 9.59 Å². The van der Waals surface area contributed by atoms with Crippen molar-refractivity contribution in [1.82, 2.24) is 9.80 Å². The first-order chi connectivity index (χ1) is 9.60. The smallest absolute Gasteiger partial charge is 0.242 e. The van der Waals surface area contributed by atoms with Gasteiger partial charge < -0.3 is 9.80 Å². The predicted octanol–water partition coefficient (Wildman–Crippen LogP) is 2.41. The highest BCUT2D eigenvalue weighted by Gasteiger charge is 2.37. The SMILES string of the molecule is CCCN1CC(=O)N(CC2(CBr)CCCCC2)CC1=O. The van der Waals surface area contributed by atoms with Gasteiger partial charge in [-0.25, -0.2) is 0 Å². The lowest BCUT2D eigenvalue weighted by molar-refractivity contribution is -0.151. The minimum absolute atomic E-state index is 0.104. The fourth-order valence-corrected chi connectivity index (χ4v) is 4.10. The van der Waals surface area contributed by atoms with Crippen LogP contribution in [0.15, 0.2) is 0 Å². The zero-order valence-corrected chi connectivity index (χ0v) is 14.0. The summed E-state index contributed by atoms with van der Waals surface area (Å²) in [6, 6.07) is 0. The van der Waals surface area contributed by atoms with E-state index in [9.17, 15) is 9.59 Å². The molecule has 2 fully saturated rings. The van der Waals surface area contributed by atoms with Gasteiger partial charge in [-0.15, -0.1) is 0 Å². The Bertz CT molecular complexity index is 367. The van der Waals surface area contributed by atoms with Crippen LogP contribution in [-0.4, -0.2) is 53.1 Å². The molecule has 114 valence electrons. The molecule has 0 radical (unpaired) electrons. The van der Waals surface area contributed by atoms with Crippen molar-refractivity contribution >= 4 is 27.7 Å². The standard InChI is InChI=1S/C15H25BrN2O2/c1-2-8-17-9-14(20)18(10-13(17)19)12-15(11-16)6-4-3-5-7-15/h2-12H2,1H3. The van der Waals surface area contributed by atoms with E-state index >= 15 is 0 Å². The minimum atomic E-state index is 0.104. The van der Waals surface area contributed by atoms with Crippen LogP contribution >= 0.6 is 15.9 Å². The Morgan fingerprint density at radius 1 is 1.05 bits per heavy atom. The molecular weight excluding hydrogens is 320 g/mol. The van der Waals surface area contributed by atoms with Crippen LogP contribution in [0.5, 0.6) is 0 Å². The molecule has 1 aliphatic heterocycles. The van der Waals surface area contributed by atoms with Crippen molar-refractivity contribution in [1.29, 1.82) is 0 Å². The molecule has 2 aliphatic rings. The molecule has 0 aromatic rings. The second-order valence-electron chi connectivity index (χ2n) is 6.26. The van der Waals surface area contributed by atoms with Crippen molar-refractivity contribution in [3.63, 3.8) is 0 Å². The summed E-state index contributed by atoms with van der Waals surface area (Å²) in [5.74, 6) is 0.218. The van der Waals surface area contributed by atoms with Gasteiger partial charge in [0, 0.05) is 18.4 Å². The lowest BCUT2D eigenvalue weighted by Gasteiger charge is -2.42. The number of nitrogens with zero attached hydrogens (tertiary/aromatic N) is 2. The number of amides is 2. The maximum absolute atomic E-state index is 12.3. The molecule has 0 spiro atoms. The second kappa shape index (κ2) is 6.92. The highest BCUT2D eigenvalue weighted by Crippen LogP contribution is 2.38. The molecule has 1 heterocycles. The minimum Gasteiger partial charge on any atom is -0.332 e. The first kappa shape index (κ1) is 15.8. The van der Waals surface area contributed by atoms with Gasteiger partial charge in [-0.3, -0.25) is 9.59 Å². The zero-order valence-electron chi connectivity index (χ0n) is 12.4. The van der Waals surface area contributed by atoms with Crippen molar-refractivity contribution < 1.29 is 9.59 Å². The Kier molecular flexibility index (Phi) is 5.47. The Hall–Kier alpha value is -0.580. The van der Waals surface area contributed by atoms with Gasteiger partial charge >= 0.3 is 0 Å². The van der Waals surface area contributed by atoms with Crippen LogP contribution in [0.1, 0.15) is 45.4 Å². The summed E-state index contributed by atoms with van der Waals surface area (Å²) in [7, 11) is 0. The summed E-state index contributed by atoms with van der Waals surface area (Å²) in [6.07, 6.45) is 7.01. The van der Waals surface area contributed by atoms with E-state index in [0.29, 0.717) is 6.54 Å². The third-order valence-corrected chi connectivity index (χ3v) is 5.76. The zero-order chi connectivity index (χ0) is 14.6. The van der Waals surface area contributed by atoms with Crippen LogP contribution in [0, 0.1) is 5.41 Å². The summed E-state index contributed by atoms with van der Waals surface area (Å²) in [5, 5.41) is 0.927. The maximum atomic E-state index is 12.3. The van der Waals surface area contributed by atoms with Gasteiger partial charge in [0.05, 0.1) is 13.1 Å². The highest BCUT2D eigenvalue weighted by molar-refractivity contribution is 9.09. The van der Waals surface area contributed by atoms with Crippen molar-refractivity contribution in [3.05, 3.63) is 0 Å². The molecule has 1 saturated heterocycles. The predicted molar refractivity (Wildman–Crippen MR) is 82.8 cm³/mol. The van der Waals surface area contributed by atoms with Gasteiger partial charge in [0.1, 0.15) is 0 Å². The van der Waals surface area contributed by atoms with Crippen LogP contribution in [0.2, 0.25) is 0 Å². The number of rotatable bonds is 5. The van der Waals surface area contributed by atoms with Crippen LogP contribution < -0.4 is 0 Å². The van der Waals surface area contributed by atoms with Gasteiger partial charge in [0.2, 0.25) is 11.8 Å². The average Bonchev–Trinajstić information content (AvgIpc) is 2.45. The van der Waals surface area contributed by atoms with Crippen molar-refractivity contribution in [2.75, 3.05) is 31.5 Å². The van der Waals surface area contributed by atoms with Gasteiger partial charge in [-0.2, -0.15) is 0 Å². The Labute approximate surface area is 130 Å². The molecule has 0 aromatic heterocycles. The summed E-state index contributed by atoms with van der Waals surface area (Å²) in [6.45, 7) is 4.01. The molecule has 0 aromatic carbocycles. The van der Waals surface area contributed by atoms with E-state index in [4.69, 9.17) is 0 Å². The fourth-order valence-electron chi connectivity index (χ4n) is 3.36. The molecule has 1 aliphatic carbocycles. The third-order valence-electron chi connectivity index (χ3n) is 4.58. The molecule has 5 heteroatoms. The van der Waals surface area contributed by atoms with Crippen molar-refractivity contribution in [2.45, 2.75) is 45.4 Å². The number of carbonyl (C=O) groups is 2. The number of hydrogen-bond donors (Lipinski definition) is 0. The number of halogens is 1. The molecule has 0 N–H and O–H groups in total. The van der Waals surface area contributed by atoms with Gasteiger partial charge in [0.15, 0.2) is 0 Å². The number of piperazine rings is 1. The normalized spacial score (nSPS) is 23.3. The average molecular weight is 345 g/mol. The van der Waals surface area contributed by atoms with Gasteiger partial charge in [-0.05, 0) is 24.7 Å². The lowest BCUT2D eigenvalue weighted by atomic mass is 9.75. The molecule has 2 amide bonds. The summed E-state index contributed by atoms with van der Waals surface area (Å²) >= 11 is 3.63. The van der Waals surface area contributed by atoms with E-state index < -0.39 is 0 Å². The Morgan fingerprint density at radius 2 is 1.65 bits per heavy atom. The molecule has 0 bridgehead atoms. The monoisotopic (exact) mass is 344 g/mol. The highest BCUT2D eigenvalue weighted by atomic mass is 79.9. The maximum Gasteiger partial charge on any atom is 0.242 e. The van der Waals surface area contributed by atoms with E-state index in [0.717, 1.165) is 31.1 Å². The van der Waals surface area contributed by atoms with E-state index in [1.165, 1.54) is 19.3 Å². The first-order valence-corrected chi connectivity index (χ1v) is 8.84. The Balaban J connectivity index is 1.99. The second-order valence-corrected chi connectivity index (χ2v) is 6.82. The quantitative estimate of drug-likeness (QED) is 0.718. The number of carbonyl (C=O) groups excluding carboxylic acids is 2. The molecule has 0 unspecified atom stereocenters. The van der Waals surface area contributed by atoms with Gasteiger partial charge in [0.25, 0.3) is 0 Å². The van der Waals surface area contributed by atoms with E-state index in [2.05, 4.69) is 15.9 Å².